The standard InChI is InChI=1S/C12H17F4N3/c1-12(2,6-19(3)4)5-17-9-7(13)10(15)18-11(16)8(9)14/h5-6H2,1-4H3,(H,17,18). The van der Waals surface area contributed by atoms with Gasteiger partial charge in [0.05, 0.1) is 0 Å². The van der Waals surface area contributed by atoms with Crippen LogP contribution in [0, 0.1) is 28.9 Å². The van der Waals surface area contributed by atoms with Gasteiger partial charge in [0.2, 0.25) is 11.6 Å². The molecule has 1 heterocycles. The van der Waals surface area contributed by atoms with Crippen molar-refractivity contribution in [2.45, 2.75) is 13.8 Å². The van der Waals surface area contributed by atoms with Gasteiger partial charge in [-0.3, -0.25) is 0 Å². The lowest BCUT2D eigenvalue weighted by Gasteiger charge is -2.29. The summed E-state index contributed by atoms with van der Waals surface area (Å²) < 4.78 is 52.5. The van der Waals surface area contributed by atoms with E-state index in [4.69, 9.17) is 0 Å². The van der Waals surface area contributed by atoms with Crippen molar-refractivity contribution >= 4 is 5.69 Å². The highest BCUT2D eigenvalue weighted by Gasteiger charge is 2.24. The summed E-state index contributed by atoms with van der Waals surface area (Å²) in [6.07, 6.45) is 0. The predicted molar refractivity (Wildman–Crippen MR) is 64.9 cm³/mol. The average molecular weight is 279 g/mol. The molecular formula is C12H17F4N3. The number of anilines is 1. The summed E-state index contributed by atoms with van der Waals surface area (Å²) in [6.45, 7) is 4.52. The van der Waals surface area contributed by atoms with Crippen molar-refractivity contribution in [1.82, 2.24) is 9.88 Å². The van der Waals surface area contributed by atoms with Crippen molar-refractivity contribution in [3.63, 3.8) is 0 Å². The molecule has 0 aliphatic carbocycles. The predicted octanol–water partition coefficient (Wildman–Crippen LogP) is 2.64. The normalized spacial score (nSPS) is 12.1. The number of halogens is 4. The van der Waals surface area contributed by atoms with Gasteiger partial charge in [0.15, 0.2) is 0 Å². The summed E-state index contributed by atoms with van der Waals surface area (Å²) in [6, 6.07) is 0. The number of rotatable bonds is 5. The van der Waals surface area contributed by atoms with Crippen LogP contribution in [0.1, 0.15) is 13.8 Å². The molecule has 0 spiro atoms. The Balaban J connectivity index is 2.89. The Hall–Kier alpha value is -1.37. The molecule has 0 atom stereocenters. The highest BCUT2D eigenvalue weighted by molar-refractivity contribution is 5.45. The van der Waals surface area contributed by atoms with Gasteiger partial charge in [-0.25, -0.2) is 0 Å². The molecule has 0 radical (unpaired) electrons. The molecule has 1 aromatic rings. The quantitative estimate of drug-likeness (QED) is 0.663. The Morgan fingerprint density at radius 2 is 1.53 bits per heavy atom. The van der Waals surface area contributed by atoms with Gasteiger partial charge in [-0.1, -0.05) is 13.8 Å². The first-order valence-corrected chi connectivity index (χ1v) is 5.72. The van der Waals surface area contributed by atoms with Crippen molar-refractivity contribution in [2.24, 2.45) is 5.41 Å². The second kappa shape index (κ2) is 5.73. The van der Waals surface area contributed by atoms with E-state index < -0.39 is 29.2 Å². The summed E-state index contributed by atoms with van der Waals surface area (Å²) in [5.41, 5.74) is -1.16. The van der Waals surface area contributed by atoms with E-state index in [0.717, 1.165) is 0 Å². The van der Waals surface area contributed by atoms with E-state index in [2.05, 4.69) is 10.3 Å². The lowest BCUT2D eigenvalue weighted by Crippen LogP contribution is -2.34. The molecule has 0 aromatic carbocycles. The van der Waals surface area contributed by atoms with Crippen molar-refractivity contribution in [2.75, 3.05) is 32.5 Å². The topological polar surface area (TPSA) is 28.2 Å². The largest absolute Gasteiger partial charge is 0.379 e. The van der Waals surface area contributed by atoms with Gasteiger partial charge in [0.1, 0.15) is 5.69 Å². The van der Waals surface area contributed by atoms with Crippen LogP contribution in [-0.2, 0) is 0 Å². The molecule has 1 rings (SSSR count). The van der Waals surface area contributed by atoms with Gasteiger partial charge in [-0.05, 0) is 19.5 Å². The van der Waals surface area contributed by atoms with Crippen molar-refractivity contribution in [3.8, 4) is 0 Å². The number of aromatic nitrogens is 1. The maximum atomic E-state index is 13.4. The molecule has 7 heteroatoms. The Morgan fingerprint density at radius 1 is 1.05 bits per heavy atom. The fourth-order valence-electron chi connectivity index (χ4n) is 1.88. The molecule has 0 fully saturated rings. The fraction of sp³-hybridized carbons (Fsp3) is 0.583. The van der Waals surface area contributed by atoms with Crippen LogP contribution < -0.4 is 5.32 Å². The smallest absolute Gasteiger partial charge is 0.253 e. The van der Waals surface area contributed by atoms with Crippen LogP contribution >= 0.6 is 0 Å². The maximum absolute atomic E-state index is 13.4. The Bertz CT molecular complexity index is 435. The van der Waals surface area contributed by atoms with E-state index in [1.165, 1.54) is 0 Å². The highest BCUT2D eigenvalue weighted by Crippen LogP contribution is 2.24. The number of pyridine rings is 1. The minimum Gasteiger partial charge on any atom is -0.379 e. The van der Waals surface area contributed by atoms with Gasteiger partial charge < -0.3 is 10.2 Å². The third kappa shape index (κ3) is 4.05. The summed E-state index contributed by atoms with van der Waals surface area (Å²) in [7, 11) is 3.71. The fourth-order valence-corrected chi connectivity index (χ4v) is 1.88. The molecule has 3 nitrogen and oxygen atoms in total. The van der Waals surface area contributed by atoms with Gasteiger partial charge >= 0.3 is 0 Å². The molecule has 0 aliphatic rings. The number of nitrogens with one attached hydrogen (secondary N) is 1. The van der Waals surface area contributed by atoms with Crippen molar-refractivity contribution in [1.29, 1.82) is 0 Å². The van der Waals surface area contributed by atoms with Gasteiger partial charge in [-0.15, -0.1) is 0 Å². The summed E-state index contributed by atoms with van der Waals surface area (Å²) in [4.78, 5) is 4.40. The van der Waals surface area contributed by atoms with Crippen LogP contribution in [0.4, 0.5) is 23.2 Å². The number of nitrogens with zero attached hydrogens (tertiary/aromatic N) is 2. The van der Waals surface area contributed by atoms with Crippen molar-refractivity contribution < 1.29 is 17.6 Å². The lowest BCUT2D eigenvalue weighted by atomic mass is 9.93. The van der Waals surface area contributed by atoms with Crippen LogP contribution in [0.3, 0.4) is 0 Å². The lowest BCUT2D eigenvalue weighted by molar-refractivity contribution is 0.253. The zero-order valence-corrected chi connectivity index (χ0v) is 11.3. The molecule has 0 saturated heterocycles. The van der Waals surface area contributed by atoms with Gasteiger partial charge in [0.25, 0.3) is 11.9 Å². The summed E-state index contributed by atoms with van der Waals surface area (Å²) >= 11 is 0. The van der Waals surface area contributed by atoms with Crippen LogP contribution in [0.5, 0.6) is 0 Å². The molecule has 0 amide bonds. The minimum atomic E-state index is -1.66. The zero-order chi connectivity index (χ0) is 14.8. The van der Waals surface area contributed by atoms with E-state index in [0.29, 0.717) is 6.54 Å². The van der Waals surface area contributed by atoms with Crippen LogP contribution in [0.25, 0.3) is 0 Å². The Morgan fingerprint density at radius 3 is 1.95 bits per heavy atom. The third-order valence-corrected chi connectivity index (χ3v) is 2.49. The van der Waals surface area contributed by atoms with E-state index in [1.807, 2.05) is 32.8 Å². The number of hydrogen-bond donors (Lipinski definition) is 1. The average Bonchev–Trinajstić information content (AvgIpc) is 2.24. The van der Waals surface area contributed by atoms with E-state index in [-0.39, 0.29) is 12.0 Å². The SMILES string of the molecule is CN(C)CC(C)(C)CNc1c(F)c(F)nc(F)c1F. The molecule has 0 unspecified atom stereocenters. The second-order valence-electron chi connectivity index (χ2n) is 5.45. The maximum Gasteiger partial charge on any atom is 0.253 e. The molecular weight excluding hydrogens is 262 g/mol. The molecule has 108 valence electrons. The van der Waals surface area contributed by atoms with Crippen LogP contribution in [0.15, 0.2) is 0 Å². The Kier molecular flexibility index (Phi) is 4.73. The second-order valence-corrected chi connectivity index (χ2v) is 5.45. The van der Waals surface area contributed by atoms with E-state index in [1.54, 1.807) is 0 Å². The zero-order valence-electron chi connectivity index (χ0n) is 11.3. The first kappa shape index (κ1) is 15.7. The van der Waals surface area contributed by atoms with Crippen LogP contribution in [-0.4, -0.2) is 37.1 Å². The van der Waals surface area contributed by atoms with Crippen LogP contribution in [0.2, 0.25) is 0 Å². The highest BCUT2D eigenvalue weighted by atomic mass is 19.2. The summed E-state index contributed by atoms with van der Waals surface area (Å²) in [5, 5.41) is 2.41. The molecule has 0 saturated carbocycles. The molecule has 19 heavy (non-hydrogen) atoms. The molecule has 1 N–H and O–H groups in total. The van der Waals surface area contributed by atoms with Gasteiger partial charge in [-0.2, -0.15) is 22.5 Å². The number of hydrogen-bond acceptors (Lipinski definition) is 3. The molecule has 1 aromatic heterocycles. The Labute approximate surface area is 109 Å². The molecule has 0 aliphatic heterocycles. The van der Waals surface area contributed by atoms with E-state index in [9.17, 15) is 17.6 Å². The van der Waals surface area contributed by atoms with E-state index >= 15 is 0 Å². The monoisotopic (exact) mass is 279 g/mol. The minimum absolute atomic E-state index is 0.155. The first-order valence-electron chi connectivity index (χ1n) is 5.72. The molecule has 0 bridgehead atoms. The van der Waals surface area contributed by atoms with Gasteiger partial charge in [0, 0.05) is 13.1 Å². The first-order chi connectivity index (χ1) is 8.64. The van der Waals surface area contributed by atoms with Crippen molar-refractivity contribution in [3.05, 3.63) is 23.5 Å². The third-order valence-electron chi connectivity index (χ3n) is 2.49. The summed E-state index contributed by atoms with van der Waals surface area (Å²) in [5.74, 6) is -6.35.